The van der Waals surface area contributed by atoms with Gasteiger partial charge in [0.25, 0.3) is 0 Å². The summed E-state index contributed by atoms with van der Waals surface area (Å²) >= 11 is 13.8. The fourth-order valence-electron chi connectivity index (χ4n) is 4.96. The number of hydrogen-bond donors (Lipinski definition) is 1. The lowest BCUT2D eigenvalue weighted by atomic mass is 9.69. The summed E-state index contributed by atoms with van der Waals surface area (Å²) in [4.78, 5) is 18.6. The lowest BCUT2D eigenvalue weighted by Crippen LogP contribution is -2.48. The zero-order chi connectivity index (χ0) is 24.5. The van der Waals surface area contributed by atoms with E-state index in [-0.39, 0.29) is 11.3 Å². The van der Waals surface area contributed by atoms with Crippen molar-refractivity contribution < 1.29 is 4.79 Å². The number of benzene rings is 1. The number of rotatable bonds is 6. The Morgan fingerprint density at radius 3 is 2.62 bits per heavy atom. The van der Waals surface area contributed by atoms with Gasteiger partial charge in [0, 0.05) is 36.7 Å². The summed E-state index contributed by atoms with van der Waals surface area (Å²) in [6.07, 6.45) is 4.18. The summed E-state index contributed by atoms with van der Waals surface area (Å²) in [5.74, 6) is 0.564. The molecule has 2 aliphatic rings. The standard InChI is InChI=1S/C26H32Cl2N4OS/c1-4-26(2,3)17-5-7-19-20(15-29)25(34-23(19)13-17)30-24(33)16-31-9-11-32(12-10-31)18-6-8-21(27)22(28)14-18/h6,8,14,17H,4-5,7,9-13,16H2,1-3H3,(H,30,33). The van der Waals surface area contributed by atoms with Gasteiger partial charge in [-0.15, -0.1) is 11.3 Å². The van der Waals surface area contributed by atoms with Gasteiger partial charge in [0.05, 0.1) is 22.2 Å². The van der Waals surface area contributed by atoms with Crippen molar-refractivity contribution in [3.8, 4) is 6.07 Å². The molecule has 0 bridgehead atoms. The summed E-state index contributed by atoms with van der Waals surface area (Å²) in [5.41, 5.74) is 3.16. The Morgan fingerprint density at radius 2 is 1.97 bits per heavy atom. The van der Waals surface area contributed by atoms with Crippen LogP contribution in [0.25, 0.3) is 0 Å². The van der Waals surface area contributed by atoms with E-state index < -0.39 is 0 Å². The Morgan fingerprint density at radius 1 is 1.24 bits per heavy atom. The summed E-state index contributed by atoms with van der Waals surface area (Å²) in [5, 5.41) is 14.7. The number of nitrogens with one attached hydrogen (secondary N) is 1. The van der Waals surface area contributed by atoms with Gasteiger partial charge in [0.15, 0.2) is 0 Å². The van der Waals surface area contributed by atoms with Crippen molar-refractivity contribution in [2.24, 2.45) is 11.3 Å². The molecule has 0 spiro atoms. The van der Waals surface area contributed by atoms with Gasteiger partial charge in [-0.1, -0.05) is 50.4 Å². The highest BCUT2D eigenvalue weighted by Crippen LogP contribution is 2.45. The van der Waals surface area contributed by atoms with Gasteiger partial charge >= 0.3 is 0 Å². The highest BCUT2D eigenvalue weighted by Gasteiger charge is 2.34. The number of piperazine rings is 1. The van der Waals surface area contributed by atoms with Crippen LogP contribution in [0, 0.1) is 22.7 Å². The largest absolute Gasteiger partial charge is 0.369 e. The lowest BCUT2D eigenvalue weighted by molar-refractivity contribution is -0.117. The maximum atomic E-state index is 12.9. The SMILES string of the molecule is CCC(C)(C)C1CCc2c(sc(NC(=O)CN3CCN(c4ccc(Cl)c(Cl)c4)CC3)c2C#N)C1. The van der Waals surface area contributed by atoms with Gasteiger partial charge in [-0.2, -0.15) is 5.26 Å². The van der Waals surface area contributed by atoms with Gasteiger partial charge in [-0.3, -0.25) is 9.69 Å². The van der Waals surface area contributed by atoms with Gasteiger partial charge in [-0.05, 0) is 54.4 Å². The van der Waals surface area contributed by atoms with Crippen LogP contribution >= 0.6 is 34.5 Å². The number of thiophene rings is 1. The van der Waals surface area contributed by atoms with Crippen molar-refractivity contribution in [3.05, 3.63) is 44.2 Å². The van der Waals surface area contributed by atoms with Gasteiger partial charge in [0.2, 0.25) is 5.91 Å². The maximum Gasteiger partial charge on any atom is 0.239 e. The molecule has 8 heteroatoms. The molecule has 1 aliphatic carbocycles. The minimum absolute atomic E-state index is 0.0523. The summed E-state index contributed by atoms with van der Waals surface area (Å²) in [6, 6.07) is 8.05. The zero-order valence-electron chi connectivity index (χ0n) is 20.1. The number of carbonyl (C=O) groups is 1. The molecule has 0 radical (unpaired) electrons. The first-order valence-corrected chi connectivity index (χ1v) is 13.6. The monoisotopic (exact) mass is 518 g/mol. The first kappa shape index (κ1) is 25.3. The number of fused-ring (bicyclic) bond motifs is 1. The van der Waals surface area contributed by atoms with Crippen LogP contribution < -0.4 is 10.2 Å². The summed E-state index contributed by atoms with van der Waals surface area (Å²) < 4.78 is 0. The second-order valence-electron chi connectivity index (χ2n) is 10.0. The predicted octanol–water partition coefficient (Wildman–Crippen LogP) is 6.23. The van der Waals surface area contributed by atoms with E-state index in [9.17, 15) is 10.1 Å². The van der Waals surface area contributed by atoms with E-state index in [4.69, 9.17) is 23.2 Å². The minimum Gasteiger partial charge on any atom is -0.369 e. The number of halogens is 2. The molecule has 1 unspecified atom stereocenters. The average Bonchev–Trinajstić information content (AvgIpc) is 3.17. The van der Waals surface area contributed by atoms with E-state index in [1.54, 1.807) is 11.3 Å². The molecule has 1 fully saturated rings. The molecule has 1 aromatic heterocycles. The van der Waals surface area contributed by atoms with E-state index >= 15 is 0 Å². The van der Waals surface area contributed by atoms with Gasteiger partial charge in [-0.25, -0.2) is 0 Å². The molecular formula is C26H32Cl2N4OS. The third kappa shape index (κ3) is 5.39. The fraction of sp³-hybridized carbons (Fsp3) is 0.538. The van der Waals surface area contributed by atoms with E-state index in [2.05, 4.69) is 42.0 Å². The molecule has 4 rings (SSSR count). The normalized spacial score (nSPS) is 18.9. The van der Waals surface area contributed by atoms with Crippen LogP contribution in [0.1, 0.15) is 49.6 Å². The number of amides is 1. The van der Waals surface area contributed by atoms with Crippen LogP contribution in [0.3, 0.4) is 0 Å². The molecule has 2 aromatic rings. The first-order valence-electron chi connectivity index (χ1n) is 12.0. The second kappa shape index (κ2) is 10.5. The Hall–Kier alpha value is -1.78. The molecule has 5 nitrogen and oxygen atoms in total. The van der Waals surface area contributed by atoms with Crippen LogP contribution in [-0.4, -0.2) is 43.5 Å². The molecule has 2 heterocycles. The predicted molar refractivity (Wildman–Crippen MR) is 142 cm³/mol. The van der Waals surface area contributed by atoms with Crippen LogP contribution in [0.15, 0.2) is 18.2 Å². The highest BCUT2D eigenvalue weighted by molar-refractivity contribution is 7.16. The summed E-state index contributed by atoms with van der Waals surface area (Å²) in [6.45, 7) is 10.5. The van der Waals surface area contributed by atoms with E-state index in [0.29, 0.717) is 28.1 Å². The smallest absolute Gasteiger partial charge is 0.239 e. The molecule has 1 N–H and O–H groups in total. The average molecular weight is 520 g/mol. The third-order valence-electron chi connectivity index (χ3n) is 7.65. The number of carbonyl (C=O) groups excluding carboxylic acids is 1. The maximum absolute atomic E-state index is 12.9. The van der Waals surface area contributed by atoms with Crippen LogP contribution in [0.2, 0.25) is 10.0 Å². The van der Waals surface area contributed by atoms with Gasteiger partial charge in [0.1, 0.15) is 11.1 Å². The van der Waals surface area contributed by atoms with Gasteiger partial charge < -0.3 is 10.2 Å². The molecule has 1 aromatic carbocycles. The van der Waals surface area contributed by atoms with Crippen molar-refractivity contribution in [1.82, 2.24) is 4.90 Å². The van der Waals surface area contributed by atoms with Crippen molar-refractivity contribution >= 4 is 51.1 Å². The molecule has 1 aliphatic heterocycles. The van der Waals surface area contributed by atoms with Crippen molar-refractivity contribution in [2.75, 3.05) is 42.9 Å². The highest BCUT2D eigenvalue weighted by atomic mass is 35.5. The van der Waals surface area contributed by atoms with E-state index in [1.165, 1.54) is 4.88 Å². The second-order valence-corrected chi connectivity index (χ2v) is 11.9. The lowest BCUT2D eigenvalue weighted by Gasteiger charge is -2.36. The van der Waals surface area contributed by atoms with Crippen molar-refractivity contribution in [1.29, 1.82) is 5.26 Å². The molecule has 1 saturated heterocycles. The molecule has 34 heavy (non-hydrogen) atoms. The van der Waals surface area contributed by atoms with Crippen LogP contribution in [0.5, 0.6) is 0 Å². The zero-order valence-corrected chi connectivity index (χ0v) is 22.4. The third-order valence-corrected chi connectivity index (χ3v) is 9.56. The molecule has 0 saturated carbocycles. The Bertz CT molecular complexity index is 1100. The van der Waals surface area contributed by atoms with Crippen LogP contribution in [-0.2, 0) is 17.6 Å². The number of nitriles is 1. The Labute approximate surface area is 216 Å². The Balaban J connectivity index is 1.35. The number of anilines is 2. The first-order chi connectivity index (χ1) is 16.2. The minimum atomic E-state index is -0.0523. The molecule has 1 amide bonds. The van der Waals surface area contributed by atoms with E-state index in [0.717, 1.165) is 68.1 Å². The topological polar surface area (TPSA) is 59.4 Å². The molecule has 1 atom stereocenters. The van der Waals surface area contributed by atoms with Crippen molar-refractivity contribution in [2.45, 2.75) is 46.5 Å². The number of nitrogens with zero attached hydrogens (tertiary/aromatic N) is 3. The quantitative estimate of drug-likeness (QED) is 0.492. The fourth-order valence-corrected chi connectivity index (χ4v) is 6.55. The number of hydrogen-bond acceptors (Lipinski definition) is 5. The van der Waals surface area contributed by atoms with Crippen LogP contribution in [0.4, 0.5) is 10.7 Å². The molecule has 182 valence electrons. The van der Waals surface area contributed by atoms with E-state index in [1.807, 2.05) is 18.2 Å². The Kier molecular flexibility index (Phi) is 7.79. The van der Waals surface area contributed by atoms with Crippen molar-refractivity contribution in [3.63, 3.8) is 0 Å². The summed E-state index contributed by atoms with van der Waals surface area (Å²) in [7, 11) is 0. The molecular weight excluding hydrogens is 487 g/mol.